The average molecular weight is 416 g/mol. The molecule has 3 rings (SSSR count). The van der Waals surface area contributed by atoms with Gasteiger partial charge in [-0.1, -0.05) is 19.1 Å². The van der Waals surface area contributed by atoms with E-state index in [2.05, 4.69) is 21.8 Å². The number of aryl methyl sites for hydroxylation is 1. The zero-order chi connectivity index (χ0) is 21.2. The van der Waals surface area contributed by atoms with Crippen molar-refractivity contribution < 1.29 is 13.2 Å². The largest absolute Gasteiger partial charge is 0.377 e. The van der Waals surface area contributed by atoms with Crippen LogP contribution in [-0.2, 0) is 23.1 Å². The monoisotopic (exact) mass is 415 g/mol. The van der Waals surface area contributed by atoms with E-state index < -0.39 is 15.9 Å². The van der Waals surface area contributed by atoms with E-state index in [0.29, 0.717) is 23.3 Å². The first-order chi connectivity index (χ1) is 13.8. The van der Waals surface area contributed by atoms with Gasteiger partial charge in [0.1, 0.15) is 5.82 Å². The fourth-order valence-corrected chi connectivity index (χ4v) is 4.09. The number of carbonyl (C=O) groups is 1. The number of nitrogens with two attached hydrogens (primary N) is 1. The second-order valence-electron chi connectivity index (χ2n) is 6.88. The van der Waals surface area contributed by atoms with Gasteiger partial charge in [-0.05, 0) is 36.8 Å². The summed E-state index contributed by atoms with van der Waals surface area (Å²) >= 11 is 0. The molecule has 0 atom stereocenters. The lowest BCUT2D eigenvalue weighted by Gasteiger charge is -2.12. The van der Waals surface area contributed by atoms with E-state index in [-0.39, 0.29) is 4.90 Å². The summed E-state index contributed by atoms with van der Waals surface area (Å²) in [5, 5.41) is 3.22. The molecule has 0 aliphatic rings. The van der Waals surface area contributed by atoms with E-state index >= 15 is 0 Å². The molecule has 154 valence electrons. The lowest BCUT2D eigenvalue weighted by Crippen LogP contribution is -2.22. The summed E-state index contributed by atoms with van der Waals surface area (Å²) in [7, 11) is -0.536. The van der Waals surface area contributed by atoms with E-state index in [1.165, 1.54) is 18.4 Å². The molecule has 0 bridgehead atoms. The van der Waals surface area contributed by atoms with Gasteiger partial charge in [-0.2, -0.15) is 0 Å². The normalized spacial score (nSPS) is 11.9. The highest BCUT2D eigenvalue weighted by Gasteiger charge is 2.20. The topological polar surface area (TPSA) is 110 Å². The van der Waals surface area contributed by atoms with E-state index in [4.69, 9.17) is 5.73 Å². The number of sulfonamides is 1. The maximum Gasteiger partial charge on any atom is 0.250 e. The van der Waals surface area contributed by atoms with Gasteiger partial charge < -0.3 is 15.6 Å². The predicted molar refractivity (Wildman–Crippen MR) is 113 cm³/mol. The Balaban J connectivity index is 1.99. The molecule has 0 saturated carbocycles. The Morgan fingerprint density at radius 2 is 1.93 bits per heavy atom. The molecular formula is C20H25N5O3S. The van der Waals surface area contributed by atoms with Crippen molar-refractivity contribution in [3.05, 3.63) is 53.9 Å². The van der Waals surface area contributed by atoms with E-state index in [9.17, 15) is 13.2 Å². The van der Waals surface area contributed by atoms with Crippen molar-refractivity contribution in [1.29, 1.82) is 0 Å². The van der Waals surface area contributed by atoms with Crippen molar-refractivity contribution in [2.75, 3.05) is 19.4 Å². The molecule has 9 heteroatoms. The summed E-state index contributed by atoms with van der Waals surface area (Å²) in [6.45, 7) is 3.18. The number of imidazole rings is 1. The third kappa shape index (κ3) is 4.10. The molecule has 8 nitrogen and oxygen atoms in total. The van der Waals surface area contributed by atoms with Crippen LogP contribution in [-0.4, -0.2) is 42.3 Å². The zero-order valence-corrected chi connectivity index (χ0v) is 17.5. The number of aromatic nitrogens is 2. The minimum atomic E-state index is -3.54. The fourth-order valence-electron chi connectivity index (χ4n) is 3.17. The molecule has 3 aromatic rings. The second-order valence-corrected chi connectivity index (χ2v) is 9.03. The second kappa shape index (κ2) is 8.22. The number of benzene rings is 2. The van der Waals surface area contributed by atoms with Crippen molar-refractivity contribution >= 4 is 32.7 Å². The fraction of sp³-hybridized carbons (Fsp3) is 0.300. The summed E-state index contributed by atoms with van der Waals surface area (Å²) in [6, 6.07) is 12.0. The summed E-state index contributed by atoms with van der Waals surface area (Å²) in [6.07, 6.45) is 0.897. The molecule has 1 amide bonds. The number of amides is 1. The molecule has 0 aliphatic heterocycles. The highest BCUT2D eigenvalue weighted by atomic mass is 32.2. The van der Waals surface area contributed by atoms with Gasteiger partial charge in [-0.25, -0.2) is 17.7 Å². The number of nitrogens with zero attached hydrogens (tertiary/aromatic N) is 3. The SMILES string of the molecule is CCCn1c(CNc2ccccc2C(N)=O)nc2cc(S(=O)(=O)N(C)C)ccc21. The van der Waals surface area contributed by atoms with E-state index in [1.807, 2.05) is 6.07 Å². The maximum atomic E-state index is 12.4. The highest BCUT2D eigenvalue weighted by molar-refractivity contribution is 7.89. The van der Waals surface area contributed by atoms with Crippen molar-refractivity contribution in [3.8, 4) is 0 Å². The van der Waals surface area contributed by atoms with Crippen molar-refractivity contribution in [2.24, 2.45) is 5.73 Å². The van der Waals surface area contributed by atoms with Crippen LogP contribution in [0.2, 0.25) is 0 Å². The number of hydrogen-bond donors (Lipinski definition) is 2. The molecule has 2 aromatic carbocycles. The van der Waals surface area contributed by atoms with Crippen LogP contribution < -0.4 is 11.1 Å². The Hall–Kier alpha value is -2.91. The minimum absolute atomic E-state index is 0.203. The van der Waals surface area contributed by atoms with Gasteiger partial charge >= 0.3 is 0 Å². The van der Waals surface area contributed by atoms with Crippen LogP contribution in [0.4, 0.5) is 5.69 Å². The summed E-state index contributed by atoms with van der Waals surface area (Å²) in [5.74, 6) is 0.245. The van der Waals surface area contributed by atoms with Gasteiger partial charge in [-0.3, -0.25) is 4.79 Å². The lowest BCUT2D eigenvalue weighted by molar-refractivity contribution is 0.100. The van der Waals surface area contributed by atoms with Crippen molar-refractivity contribution in [3.63, 3.8) is 0 Å². The van der Waals surface area contributed by atoms with Gasteiger partial charge in [0.2, 0.25) is 10.0 Å². The molecule has 0 unspecified atom stereocenters. The first kappa shape index (κ1) is 20.8. The Kier molecular flexibility index (Phi) is 5.90. The molecule has 1 heterocycles. The molecule has 0 saturated heterocycles. The summed E-state index contributed by atoms with van der Waals surface area (Å²) in [5.41, 5.74) is 7.96. The van der Waals surface area contributed by atoms with Crippen LogP contribution in [0.15, 0.2) is 47.4 Å². The maximum absolute atomic E-state index is 12.4. The standard InChI is InChI=1S/C20H25N5O3S/c1-4-11-25-18-10-9-14(29(27,28)24(2)3)12-17(18)23-19(25)13-22-16-8-6-5-7-15(16)20(21)26/h5-10,12,22H,4,11,13H2,1-3H3,(H2,21,26). The van der Waals surface area contributed by atoms with Crippen LogP contribution >= 0.6 is 0 Å². The Labute approximate surface area is 170 Å². The molecule has 0 aliphatic carbocycles. The number of para-hydroxylation sites is 1. The smallest absolute Gasteiger partial charge is 0.250 e. The molecule has 0 spiro atoms. The summed E-state index contributed by atoms with van der Waals surface area (Å²) in [4.78, 5) is 16.5. The van der Waals surface area contributed by atoms with E-state index in [1.54, 1.807) is 36.4 Å². The number of rotatable bonds is 8. The van der Waals surface area contributed by atoms with Crippen molar-refractivity contribution in [2.45, 2.75) is 31.3 Å². The van der Waals surface area contributed by atoms with Crippen LogP contribution in [0.25, 0.3) is 11.0 Å². The molecule has 3 N–H and O–H groups in total. The van der Waals surface area contributed by atoms with Gasteiger partial charge in [0, 0.05) is 26.3 Å². The average Bonchev–Trinajstić information content (AvgIpc) is 3.03. The number of carbonyl (C=O) groups excluding carboxylic acids is 1. The number of nitrogens with one attached hydrogen (secondary N) is 1. The summed E-state index contributed by atoms with van der Waals surface area (Å²) < 4.78 is 28.1. The van der Waals surface area contributed by atoms with Crippen LogP contribution in [0.1, 0.15) is 29.5 Å². The Morgan fingerprint density at radius 1 is 1.21 bits per heavy atom. The van der Waals surface area contributed by atoms with Crippen molar-refractivity contribution in [1.82, 2.24) is 13.9 Å². The molecule has 1 aromatic heterocycles. The lowest BCUT2D eigenvalue weighted by atomic mass is 10.1. The van der Waals surface area contributed by atoms with Gasteiger partial charge in [0.05, 0.1) is 28.0 Å². The number of fused-ring (bicyclic) bond motifs is 1. The molecule has 0 radical (unpaired) electrons. The molecule has 29 heavy (non-hydrogen) atoms. The first-order valence-electron chi connectivity index (χ1n) is 9.30. The number of primary amides is 1. The highest BCUT2D eigenvalue weighted by Crippen LogP contribution is 2.23. The first-order valence-corrected chi connectivity index (χ1v) is 10.7. The van der Waals surface area contributed by atoms with Crippen LogP contribution in [0.3, 0.4) is 0 Å². The molecule has 0 fully saturated rings. The third-order valence-electron chi connectivity index (χ3n) is 4.65. The van der Waals surface area contributed by atoms with Gasteiger partial charge in [0.15, 0.2) is 0 Å². The van der Waals surface area contributed by atoms with Crippen LogP contribution in [0.5, 0.6) is 0 Å². The quantitative estimate of drug-likeness (QED) is 0.587. The van der Waals surface area contributed by atoms with Gasteiger partial charge in [0.25, 0.3) is 5.91 Å². The van der Waals surface area contributed by atoms with Gasteiger partial charge in [-0.15, -0.1) is 0 Å². The molecular weight excluding hydrogens is 390 g/mol. The predicted octanol–water partition coefficient (Wildman–Crippen LogP) is 2.41. The van der Waals surface area contributed by atoms with E-state index in [0.717, 1.165) is 24.3 Å². The Bertz CT molecular complexity index is 1150. The van der Waals surface area contributed by atoms with Crippen LogP contribution in [0, 0.1) is 0 Å². The number of anilines is 1. The zero-order valence-electron chi connectivity index (χ0n) is 16.7. The minimum Gasteiger partial charge on any atom is -0.377 e. The third-order valence-corrected chi connectivity index (χ3v) is 6.47. The number of hydrogen-bond acceptors (Lipinski definition) is 5. The Morgan fingerprint density at radius 3 is 2.59 bits per heavy atom.